The number of nitrogens with zero attached hydrogens (tertiary/aromatic N) is 5. The van der Waals surface area contributed by atoms with E-state index in [-0.39, 0.29) is 25.2 Å². The fourth-order valence-electron chi connectivity index (χ4n) is 4.10. The van der Waals surface area contributed by atoms with Crippen molar-refractivity contribution in [3.05, 3.63) is 53.2 Å². The Morgan fingerprint density at radius 2 is 2.00 bits per heavy atom. The van der Waals surface area contributed by atoms with Crippen molar-refractivity contribution in [3.63, 3.8) is 0 Å². The summed E-state index contributed by atoms with van der Waals surface area (Å²) in [4.78, 5) is 34.0. The molecule has 2 aromatic rings. The SMILES string of the molecule is NCc1cc(F)cc([C@H]2CC=NN2C(=O)[C@@H]2CCN(c3cc(C(N)=O)ncn3)C[C@@H]2F)c1. The Balaban J connectivity index is 1.48. The van der Waals surface area contributed by atoms with E-state index in [0.29, 0.717) is 29.9 Å². The minimum atomic E-state index is -1.48. The second kappa shape index (κ2) is 8.95. The normalized spacial score (nSPS) is 22.9. The minimum absolute atomic E-state index is 0.0322. The van der Waals surface area contributed by atoms with Gasteiger partial charge in [-0.2, -0.15) is 5.10 Å². The lowest BCUT2D eigenvalue weighted by Crippen LogP contribution is -2.48. The zero-order valence-corrected chi connectivity index (χ0v) is 17.2. The number of amides is 2. The number of benzene rings is 1. The molecule has 2 aliphatic heterocycles. The molecular weight excluding hydrogens is 420 g/mol. The van der Waals surface area contributed by atoms with E-state index >= 15 is 4.39 Å². The highest BCUT2D eigenvalue weighted by Crippen LogP contribution is 2.34. The number of rotatable bonds is 5. The van der Waals surface area contributed by atoms with Crippen LogP contribution in [0.25, 0.3) is 0 Å². The second-order valence-electron chi connectivity index (χ2n) is 7.81. The Hall–Kier alpha value is -3.47. The molecule has 168 valence electrons. The zero-order valence-electron chi connectivity index (χ0n) is 17.2. The molecule has 0 radical (unpaired) electrons. The quantitative estimate of drug-likeness (QED) is 0.716. The van der Waals surface area contributed by atoms with Gasteiger partial charge in [0.2, 0.25) is 5.91 Å². The molecule has 32 heavy (non-hydrogen) atoms. The number of carbonyl (C=O) groups excluding carboxylic acids is 2. The van der Waals surface area contributed by atoms with Gasteiger partial charge in [-0.05, 0) is 29.7 Å². The summed E-state index contributed by atoms with van der Waals surface area (Å²) in [6.45, 7) is 0.439. The van der Waals surface area contributed by atoms with Gasteiger partial charge in [0, 0.05) is 31.8 Å². The Morgan fingerprint density at radius 3 is 2.72 bits per heavy atom. The van der Waals surface area contributed by atoms with Crippen molar-refractivity contribution >= 4 is 23.8 Å². The summed E-state index contributed by atoms with van der Waals surface area (Å²) in [6.07, 6.45) is 1.92. The highest BCUT2D eigenvalue weighted by molar-refractivity contribution is 5.91. The van der Waals surface area contributed by atoms with E-state index < -0.39 is 35.8 Å². The van der Waals surface area contributed by atoms with Crippen LogP contribution in [0.2, 0.25) is 0 Å². The molecule has 0 unspecified atom stereocenters. The van der Waals surface area contributed by atoms with Gasteiger partial charge in [-0.25, -0.2) is 23.8 Å². The Bertz CT molecular complexity index is 1060. The van der Waals surface area contributed by atoms with Crippen LogP contribution in [-0.4, -0.2) is 52.3 Å². The largest absolute Gasteiger partial charge is 0.364 e. The summed E-state index contributed by atoms with van der Waals surface area (Å²) in [7, 11) is 0. The number of halogens is 2. The summed E-state index contributed by atoms with van der Waals surface area (Å²) in [5.74, 6) is -2.13. The van der Waals surface area contributed by atoms with E-state index in [9.17, 15) is 14.0 Å². The molecule has 11 heteroatoms. The molecule has 0 aliphatic carbocycles. The molecule has 1 fully saturated rings. The molecular formula is C21H23F2N7O2. The molecule has 9 nitrogen and oxygen atoms in total. The first-order valence-corrected chi connectivity index (χ1v) is 10.2. The lowest BCUT2D eigenvalue weighted by Gasteiger charge is -2.36. The van der Waals surface area contributed by atoms with E-state index in [1.54, 1.807) is 17.2 Å². The van der Waals surface area contributed by atoms with Gasteiger partial charge in [0.1, 0.15) is 29.8 Å². The maximum atomic E-state index is 15.1. The second-order valence-corrected chi connectivity index (χ2v) is 7.81. The Labute approximate surface area is 183 Å². The van der Waals surface area contributed by atoms with Crippen molar-refractivity contribution in [2.45, 2.75) is 31.6 Å². The van der Waals surface area contributed by atoms with Gasteiger partial charge >= 0.3 is 0 Å². The molecule has 0 spiro atoms. The molecule has 3 heterocycles. The topological polar surface area (TPSA) is 131 Å². The Kier molecular flexibility index (Phi) is 6.08. The third kappa shape index (κ3) is 4.28. The van der Waals surface area contributed by atoms with E-state index in [1.165, 1.54) is 29.5 Å². The van der Waals surface area contributed by atoms with E-state index in [4.69, 9.17) is 11.5 Å². The first-order chi connectivity index (χ1) is 15.4. The van der Waals surface area contributed by atoms with Gasteiger partial charge in [-0.1, -0.05) is 6.07 Å². The number of piperidine rings is 1. The summed E-state index contributed by atoms with van der Waals surface area (Å²) >= 11 is 0. The molecule has 1 aromatic carbocycles. The Morgan fingerprint density at radius 1 is 1.19 bits per heavy atom. The van der Waals surface area contributed by atoms with Crippen LogP contribution in [0.15, 0.2) is 35.7 Å². The average molecular weight is 443 g/mol. The molecule has 1 saturated heterocycles. The molecule has 0 bridgehead atoms. The summed E-state index contributed by atoms with van der Waals surface area (Å²) in [5, 5.41) is 5.40. The lowest BCUT2D eigenvalue weighted by atomic mass is 9.92. The van der Waals surface area contributed by atoms with Crippen molar-refractivity contribution in [1.82, 2.24) is 15.0 Å². The number of anilines is 1. The van der Waals surface area contributed by atoms with E-state index in [2.05, 4.69) is 15.1 Å². The van der Waals surface area contributed by atoms with Crippen molar-refractivity contribution in [2.24, 2.45) is 22.5 Å². The molecule has 1 aromatic heterocycles. The van der Waals surface area contributed by atoms with Crippen LogP contribution >= 0.6 is 0 Å². The average Bonchev–Trinajstić information content (AvgIpc) is 3.28. The molecule has 2 aliphatic rings. The number of nitrogens with two attached hydrogens (primary N) is 2. The van der Waals surface area contributed by atoms with Gasteiger partial charge in [0.05, 0.1) is 18.5 Å². The van der Waals surface area contributed by atoms with Crippen LogP contribution < -0.4 is 16.4 Å². The summed E-state index contributed by atoms with van der Waals surface area (Å²) < 4.78 is 29.1. The molecule has 0 saturated carbocycles. The smallest absolute Gasteiger partial charge is 0.267 e. The van der Waals surface area contributed by atoms with Crippen molar-refractivity contribution in [3.8, 4) is 0 Å². The number of hydrogen-bond acceptors (Lipinski definition) is 7. The molecule has 4 N–H and O–H groups in total. The van der Waals surface area contributed by atoms with Crippen LogP contribution in [0.4, 0.5) is 14.6 Å². The van der Waals surface area contributed by atoms with Gasteiger partial charge in [0.25, 0.3) is 5.91 Å². The zero-order chi connectivity index (χ0) is 22.8. The third-order valence-corrected chi connectivity index (χ3v) is 5.74. The fraction of sp³-hybridized carbons (Fsp3) is 0.381. The van der Waals surface area contributed by atoms with Crippen LogP contribution in [-0.2, 0) is 11.3 Å². The van der Waals surface area contributed by atoms with Crippen molar-refractivity contribution in [2.75, 3.05) is 18.0 Å². The van der Waals surface area contributed by atoms with Gasteiger partial charge in [-0.15, -0.1) is 0 Å². The number of hydrazone groups is 1. The van der Waals surface area contributed by atoms with Crippen LogP contribution in [0.1, 0.15) is 40.5 Å². The number of aromatic nitrogens is 2. The van der Waals surface area contributed by atoms with Gasteiger partial charge in [0.15, 0.2) is 0 Å². The maximum Gasteiger partial charge on any atom is 0.267 e. The number of hydrogen-bond donors (Lipinski definition) is 2. The summed E-state index contributed by atoms with van der Waals surface area (Å²) in [6, 6.07) is 5.32. The lowest BCUT2D eigenvalue weighted by molar-refractivity contribution is -0.140. The predicted molar refractivity (Wildman–Crippen MR) is 113 cm³/mol. The molecule has 2 amide bonds. The standard InChI is InChI=1S/C21H23F2N7O2/c22-14-6-12(9-24)5-13(7-14)18-1-3-28-30(18)21(32)15-2-4-29(10-16(15)23)19-8-17(20(25)31)26-11-27-19/h3,5-8,11,15-16,18H,1-2,4,9-10,24H2,(H2,25,31)/t15-,16+,18-/m1/s1. The number of primary amides is 1. The molecule has 4 rings (SSSR count). The van der Waals surface area contributed by atoms with Crippen molar-refractivity contribution < 1.29 is 18.4 Å². The number of carbonyl (C=O) groups is 2. The minimum Gasteiger partial charge on any atom is -0.364 e. The molecule has 3 atom stereocenters. The number of alkyl halides is 1. The van der Waals surface area contributed by atoms with E-state index in [0.717, 1.165) is 0 Å². The third-order valence-electron chi connectivity index (χ3n) is 5.74. The monoisotopic (exact) mass is 443 g/mol. The van der Waals surface area contributed by atoms with Crippen molar-refractivity contribution in [1.29, 1.82) is 0 Å². The first kappa shape index (κ1) is 21.8. The van der Waals surface area contributed by atoms with Gasteiger partial charge < -0.3 is 16.4 Å². The maximum absolute atomic E-state index is 15.1. The van der Waals surface area contributed by atoms with Crippen LogP contribution in [0, 0.1) is 11.7 Å². The highest BCUT2D eigenvalue weighted by atomic mass is 19.1. The fourth-order valence-corrected chi connectivity index (χ4v) is 4.10. The van der Waals surface area contributed by atoms with Gasteiger partial charge in [-0.3, -0.25) is 9.59 Å². The van der Waals surface area contributed by atoms with Crippen LogP contribution in [0.3, 0.4) is 0 Å². The van der Waals surface area contributed by atoms with E-state index in [1.807, 2.05) is 0 Å². The van der Waals surface area contributed by atoms with Crippen LogP contribution in [0.5, 0.6) is 0 Å². The highest BCUT2D eigenvalue weighted by Gasteiger charge is 2.40. The predicted octanol–water partition coefficient (Wildman–Crippen LogP) is 1.30. The first-order valence-electron chi connectivity index (χ1n) is 10.2. The summed E-state index contributed by atoms with van der Waals surface area (Å²) in [5.41, 5.74) is 12.1.